The summed E-state index contributed by atoms with van der Waals surface area (Å²) < 4.78 is 4.67. The van der Waals surface area contributed by atoms with Crippen LogP contribution in [0.4, 0.5) is 17.2 Å². The van der Waals surface area contributed by atoms with Crippen molar-refractivity contribution < 1.29 is 14.3 Å². The van der Waals surface area contributed by atoms with Crippen molar-refractivity contribution in [2.75, 3.05) is 17.7 Å². The number of amides is 1. The highest BCUT2D eigenvalue weighted by atomic mass is 35.5. The summed E-state index contributed by atoms with van der Waals surface area (Å²) in [5.41, 5.74) is 2.73. The largest absolute Gasteiger partial charge is 0.465 e. The molecule has 2 aromatic carbocycles. The van der Waals surface area contributed by atoms with Gasteiger partial charge in [0.25, 0.3) is 5.91 Å². The van der Waals surface area contributed by atoms with E-state index in [9.17, 15) is 9.59 Å². The predicted molar refractivity (Wildman–Crippen MR) is 107 cm³/mol. The van der Waals surface area contributed by atoms with Crippen LogP contribution in [0.15, 0.2) is 54.9 Å². The molecule has 1 heterocycles. The van der Waals surface area contributed by atoms with E-state index in [0.29, 0.717) is 22.1 Å². The highest BCUT2D eigenvalue weighted by Gasteiger charge is 2.11. The Morgan fingerprint density at radius 2 is 1.89 bits per heavy atom. The number of halogens is 1. The molecule has 3 rings (SSSR count). The Morgan fingerprint density at radius 1 is 1.07 bits per heavy atom. The van der Waals surface area contributed by atoms with Gasteiger partial charge in [-0.25, -0.2) is 14.8 Å². The van der Waals surface area contributed by atoms with Crippen molar-refractivity contribution >= 4 is 40.7 Å². The maximum Gasteiger partial charge on any atom is 0.337 e. The van der Waals surface area contributed by atoms with Crippen LogP contribution in [0.2, 0.25) is 5.02 Å². The van der Waals surface area contributed by atoms with Gasteiger partial charge in [-0.1, -0.05) is 17.7 Å². The van der Waals surface area contributed by atoms with Crippen LogP contribution in [0.1, 0.15) is 26.4 Å². The second-order valence-electron chi connectivity index (χ2n) is 5.90. The second-order valence-corrected chi connectivity index (χ2v) is 6.33. The van der Waals surface area contributed by atoms with Gasteiger partial charge in [0.05, 0.1) is 25.1 Å². The zero-order chi connectivity index (χ0) is 20.1. The maximum atomic E-state index is 12.4. The third-order valence-corrected chi connectivity index (χ3v) is 4.11. The second kappa shape index (κ2) is 8.49. The smallest absolute Gasteiger partial charge is 0.337 e. The molecule has 0 saturated carbocycles. The van der Waals surface area contributed by atoms with Crippen molar-refractivity contribution in [2.24, 2.45) is 0 Å². The number of rotatable bonds is 5. The van der Waals surface area contributed by atoms with Crippen molar-refractivity contribution in [1.29, 1.82) is 0 Å². The van der Waals surface area contributed by atoms with Crippen LogP contribution in [0.5, 0.6) is 0 Å². The molecule has 0 saturated heterocycles. The van der Waals surface area contributed by atoms with E-state index in [0.717, 1.165) is 11.3 Å². The number of nitrogens with one attached hydrogen (secondary N) is 2. The number of hydrogen-bond donors (Lipinski definition) is 2. The topological polar surface area (TPSA) is 93.2 Å². The van der Waals surface area contributed by atoms with Gasteiger partial charge in [0.15, 0.2) is 0 Å². The molecule has 0 radical (unpaired) electrons. The lowest BCUT2D eigenvalue weighted by atomic mass is 10.2. The number of carbonyl (C=O) groups excluding carboxylic acids is 2. The van der Waals surface area contributed by atoms with Gasteiger partial charge in [0.1, 0.15) is 11.5 Å². The molecule has 0 fully saturated rings. The highest BCUT2D eigenvalue weighted by Crippen LogP contribution is 2.22. The molecule has 3 aromatic rings. The van der Waals surface area contributed by atoms with Crippen molar-refractivity contribution in [2.45, 2.75) is 6.92 Å². The SMILES string of the molecule is COC(=O)c1cccc(NC(=O)c2cnc(Nc3ccc(Cl)cc3C)cn2)c1. The number of carbonyl (C=O) groups is 2. The average molecular weight is 397 g/mol. The number of nitrogens with zero attached hydrogens (tertiary/aromatic N) is 2. The number of aryl methyl sites for hydroxylation is 1. The molecule has 1 amide bonds. The van der Waals surface area contributed by atoms with Gasteiger partial charge in [-0.15, -0.1) is 0 Å². The first-order chi connectivity index (χ1) is 13.5. The molecular formula is C20H17ClN4O3. The van der Waals surface area contributed by atoms with Crippen LogP contribution in [-0.2, 0) is 4.74 Å². The monoisotopic (exact) mass is 396 g/mol. The van der Waals surface area contributed by atoms with Crippen molar-refractivity contribution in [3.05, 3.63) is 76.7 Å². The molecular weight excluding hydrogens is 380 g/mol. The molecule has 2 N–H and O–H groups in total. The molecule has 0 spiro atoms. The van der Waals surface area contributed by atoms with Gasteiger partial charge in [-0.05, 0) is 48.9 Å². The van der Waals surface area contributed by atoms with Gasteiger partial charge < -0.3 is 15.4 Å². The van der Waals surface area contributed by atoms with E-state index in [2.05, 4.69) is 25.3 Å². The van der Waals surface area contributed by atoms with E-state index >= 15 is 0 Å². The third kappa shape index (κ3) is 4.63. The molecule has 0 aliphatic carbocycles. The Kier molecular flexibility index (Phi) is 5.86. The van der Waals surface area contributed by atoms with Gasteiger partial charge in [0.2, 0.25) is 0 Å². The number of methoxy groups -OCH3 is 1. The molecule has 1 aromatic heterocycles. The zero-order valence-corrected chi connectivity index (χ0v) is 15.9. The molecule has 7 nitrogen and oxygen atoms in total. The van der Waals surface area contributed by atoms with E-state index < -0.39 is 11.9 Å². The van der Waals surface area contributed by atoms with Crippen LogP contribution in [0, 0.1) is 6.92 Å². The van der Waals surface area contributed by atoms with Gasteiger partial charge in [-0.2, -0.15) is 0 Å². The molecule has 8 heteroatoms. The lowest BCUT2D eigenvalue weighted by Crippen LogP contribution is -2.14. The Morgan fingerprint density at radius 3 is 2.57 bits per heavy atom. The number of anilines is 3. The van der Waals surface area contributed by atoms with Crippen LogP contribution in [0.3, 0.4) is 0 Å². The fourth-order valence-corrected chi connectivity index (χ4v) is 2.68. The molecule has 0 aliphatic rings. The van der Waals surface area contributed by atoms with Crippen molar-refractivity contribution in [1.82, 2.24) is 9.97 Å². The first-order valence-corrected chi connectivity index (χ1v) is 8.69. The average Bonchev–Trinajstić information content (AvgIpc) is 2.70. The summed E-state index contributed by atoms with van der Waals surface area (Å²) in [4.78, 5) is 32.3. The predicted octanol–water partition coefficient (Wildman–Crippen LogP) is 4.22. The Balaban J connectivity index is 1.69. The lowest BCUT2D eigenvalue weighted by molar-refractivity contribution is 0.0600. The zero-order valence-electron chi connectivity index (χ0n) is 15.2. The van der Waals surface area contributed by atoms with Crippen molar-refractivity contribution in [3.63, 3.8) is 0 Å². The number of ether oxygens (including phenoxy) is 1. The van der Waals surface area contributed by atoms with E-state index in [4.69, 9.17) is 11.6 Å². The first kappa shape index (κ1) is 19.3. The summed E-state index contributed by atoms with van der Waals surface area (Å²) in [6, 6.07) is 11.9. The van der Waals surface area contributed by atoms with Gasteiger partial charge in [-0.3, -0.25) is 4.79 Å². The highest BCUT2D eigenvalue weighted by molar-refractivity contribution is 6.30. The number of aromatic nitrogens is 2. The summed E-state index contributed by atoms with van der Waals surface area (Å²) in [6.45, 7) is 1.92. The summed E-state index contributed by atoms with van der Waals surface area (Å²) in [5.74, 6) is -0.429. The number of benzene rings is 2. The third-order valence-electron chi connectivity index (χ3n) is 3.88. The molecule has 0 bridgehead atoms. The standard InChI is InChI=1S/C20H17ClN4O3/c1-12-8-14(21)6-7-16(12)25-18-11-22-17(10-23-18)19(26)24-15-5-3-4-13(9-15)20(27)28-2/h3-11H,1-2H3,(H,23,25)(H,24,26). The summed E-state index contributed by atoms with van der Waals surface area (Å²) >= 11 is 5.95. The number of esters is 1. The van der Waals surface area contributed by atoms with Crippen LogP contribution < -0.4 is 10.6 Å². The Hall–Kier alpha value is -3.45. The fraction of sp³-hybridized carbons (Fsp3) is 0.100. The van der Waals surface area contributed by atoms with E-state index in [1.54, 1.807) is 24.3 Å². The van der Waals surface area contributed by atoms with E-state index in [-0.39, 0.29) is 5.69 Å². The summed E-state index contributed by atoms with van der Waals surface area (Å²) in [5, 5.41) is 6.45. The minimum atomic E-state index is -0.483. The normalized spacial score (nSPS) is 10.2. The van der Waals surface area contributed by atoms with Crippen LogP contribution in [0.25, 0.3) is 0 Å². The molecule has 28 heavy (non-hydrogen) atoms. The minimum Gasteiger partial charge on any atom is -0.465 e. The lowest BCUT2D eigenvalue weighted by Gasteiger charge is -2.09. The van der Waals surface area contributed by atoms with Gasteiger partial charge >= 0.3 is 5.97 Å². The van der Waals surface area contributed by atoms with E-state index in [1.165, 1.54) is 25.6 Å². The van der Waals surface area contributed by atoms with E-state index in [1.807, 2.05) is 19.1 Å². The molecule has 0 aliphatic heterocycles. The molecule has 142 valence electrons. The quantitative estimate of drug-likeness (QED) is 0.627. The summed E-state index contributed by atoms with van der Waals surface area (Å²) in [6.07, 6.45) is 2.83. The maximum absolute atomic E-state index is 12.4. The Labute approximate surface area is 166 Å². The first-order valence-electron chi connectivity index (χ1n) is 8.31. The summed E-state index contributed by atoms with van der Waals surface area (Å²) in [7, 11) is 1.30. The van der Waals surface area contributed by atoms with Crippen LogP contribution >= 0.6 is 11.6 Å². The fourth-order valence-electron chi connectivity index (χ4n) is 2.45. The minimum absolute atomic E-state index is 0.141. The van der Waals surface area contributed by atoms with Crippen LogP contribution in [-0.4, -0.2) is 29.0 Å². The van der Waals surface area contributed by atoms with Gasteiger partial charge in [0, 0.05) is 16.4 Å². The number of hydrogen-bond acceptors (Lipinski definition) is 6. The molecule has 0 unspecified atom stereocenters. The molecule has 0 atom stereocenters. The Bertz CT molecular complexity index is 1020. The van der Waals surface area contributed by atoms with Crippen molar-refractivity contribution in [3.8, 4) is 0 Å².